The van der Waals surface area contributed by atoms with Crippen LogP contribution in [-0.4, -0.2) is 22.2 Å². The van der Waals surface area contributed by atoms with Crippen molar-refractivity contribution in [3.05, 3.63) is 29.6 Å². The van der Waals surface area contributed by atoms with Gasteiger partial charge in [0.1, 0.15) is 11.9 Å². The fraction of sp³-hybridized carbons (Fsp3) is 0.400. The van der Waals surface area contributed by atoms with E-state index < -0.39 is 18.0 Å². The lowest BCUT2D eigenvalue weighted by Gasteiger charge is -2.18. The van der Waals surface area contributed by atoms with Gasteiger partial charge in [-0.3, -0.25) is 0 Å². The summed E-state index contributed by atoms with van der Waals surface area (Å²) in [7, 11) is 0. The molecule has 3 nitrogen and oxygen atoms in total. The van der Waals surface area contributed by atoms with E-state index in [-0.39, 0.29) is 17.9 Å². The fourth-order valence-electron chi connectivity index (χ4n) is 1.27. The normalized spacial score (nSPS) is 14.9. The first-order valence-corrected chi connectivity index (χ1v) is 5.06. The van der Waals surface area contributed by atoms with E-state index in [0.717, 1.165) is 6.07 Å². The molecule has 0 heterocycles. The molecule has 1 rings (SSSR count). The van der Waals surface area contributed by atoms with Crippen LogP contribution in [0.25, 0.3) is 0 Å². The molecule has 15 heavy (non-hydrogen) atoms. The molecule has 0 aliphatic carbocycles. The zero-order chi connectivity index (χ0) is 11.4. The second-order valence-corrected chi connectivity index (χ2v) is 3.65. The lowest BCUT2D eigenvalue weighted by molar-refractivity contribution is 0.0150. The molecule has 84 valence electrons. The van der Waals surface area contributed by atoms with Crippen LogP contribution in [0.3, 0.4) is 0 Å². The summed E-state index contributed by atoms with van der Waals surface area (Å²) in [6.07, 6.45) is -2.19. The van der Waals surface area contributed by atoms with Crippen LogP contribution < -0.4 is 5.73 Å². The summed E-state index contributed by atoms with van der Waals surface area (Å²) in [5, 5.41) is 19.1. The molecular weight excluding hydrogens is 221 g/mol. The van der Waals surface area contributed by atoms with E-state index in [1.807, 2.05) is 0 Å². The standard InChI is InChI=1S/C10H13ClFNO2/c11-4-3-9(14)10(15)7-5-6(13)1-2-8(7)12/h1-2,5,9-10,14-15H,3-4,13H2. The summed E-state index contributed by atoms with van der Waals surface area (Å²) < 4.78 is 13.3. The van der Waals surface area contributed by atoms with Gasteiger partial charge in [-0.1, -0.05) is 0 Å². The van der Waals surface area contributed by atoms with Crippen molar-refractivity contribution >= 4 is 17.3 Å². The molecule has 5 heteroatoms. The molecule has 4 N–H and O–H groups in total. The van der Waals surface area contributed by atoms with Crippen LogP contribution in [0.5, 0.6) is 0 Å². The van der Waals surface area contributed by atoms with Crippen molar-refractivity contribution in [2.24, 2.45) is 0 Å². The average molecular weight is 234 g/mol. The van der Waals surface area contributed by atoms with Gasteiger partial charge in [0.15, 0.2) is 0 Å². The summed E-state index contributed by atoms with van der Waals surface area (Å²) in [6, 6.07) is 3.85. The number of hydrogen-bond acceptors (Lipinski definition) is 3. The molecule has 0 aliphatic heterocycles. The number of anilines is 1. The Balaban J connectivity index is 2.89. The molecule has 0 aromatic heterocycles. The van der Waals surface area contributed by atoms with E-state index in [1.54, 1.807) is 0 Å². The van der Waals surface area contributed by atoms with E-state index >= 15 is 0 Å². The van der Waals surface area contributed by atoms with E-state index in [9.17, 15) is 14.6 Å². The van der Waals surface area contributed by atoms with Crippen LogP contribution in [0, 0.1) is 5.82 Å². The topological polar surface area (TPSA) is 66.5 Å². The number of benzene rings is 1. The Hall–Kier alpha value is -0.840. The van der Waals surface area contributed by atoms with Crippen molar-refractivity contribution in [1.82, 2.24) is 0 Å². The largest absolute Gasteiger partial charge is 0.399 e. The maximum Gasteiger partial charge on any atom is 0.129 e. The lowest BCUT2D eigenvalue weighted by atomic mass is 10.0. The van der Waals surface area contributed by atoms with Crippen molar-refractivity contribution in [2.75, 3.05) is 11.6 Å². The predicted octanol–water partition coefficient (Wildman–Crippen LogP) is 1.43. The molecule has 2 unspecified atom stereocenters. The lowest BCUT2D eigenvalue weighted by Crippen LogP contribution is -2.19. The highest BCUT2D eigenvalue weighted by Gasteiger charge is 2.21. The summed E-state index contributed by atoms with van der Waals surface area (Å²) in [5.74, 6) is -0.396. The third-order valence-electron chi connectivity index (χ3n) is 2.11. The minimum Gasteiger partial charge on any atom is -0.399 e. The minimum absolute atomic E-state index is 0.00684. The Labute approximate surface area is 92.3 Å². The van der Waals surface area contributed by atoms with Crippen molar-refractivity contribution in [3.63, 3.8) is 0 Å². The van der Waals surface area contributed by atoms with E-state index in [1.165, 1.54) is 12.1 Å². The second kappa shape index (κ2) is 5.30. The molecular formula is C10H13ClFNO2. The Morgan fingerprint density at radius 2 is 2.07 bits per heavy atom. The summed E-state index contributed by atoms with van der Waals surface area (Å²) in [5.41, 5.74) is 5.78. The zero-order valence-corrected chi connectivity index (χ0v) is 8.78. The van der Waals surface area contributed by atoms with Crippen molar-refractivity contribution in [3.8, 4) is 0 Å². The molecule has 1 aromatic carbocycles. The first kappa shape index (κ1) is 12.2. The number of halogens is 2. The number of aliphatic hydroxyl groups excluding tert-OH is 2. The number of rotatable bonds is 4. The third kappa shape index (κ3) is 3.06. The zero-order valence-electron chi connectivity index (χ0n) is 8.03. The fourth-order valence-corrected chi connectivity index (χ4v) is 1.49. The van der Waals surface area contributed by atoms with Crippen molar-refractivity contribution < 1.29 is 14.6 Å². The number of nitrogen functional groups attached to an aromatic ring is 1. The van der Waals surface area contributed by atoms with Gasteiger partial charge in [0.05, 0.1) is 6.10 Å². The molecule has 0 aliphatic rings. The summed E-state index contributed by atoms with van der Waals surface area (Å²) in [6.45, 7) is 0. The number of aliphatic hydroxyl groups is 2. The summed E-state index contributed by atoms with van der Waals surface area (Å²) >= 11 is 5.41. The van der Waals surface area contributed by atoms with Gasteiger partial charge in [-0.2, -0.15) is 0 Å². The summed E-state index contributed by atoms with van der Waals surface area (Å²) in [4.78, 5) is 0. The molecule has 1 aromatic rings. The molecule has 0 radical (unpaired) electrons. The molecule has 0 bridgehead atoms. The Morgan fingerprint density at radius 1 is 1.40 bits per heavy atom. The van der Waals surface area contributed by atoms with E-state index in [4.69, 9.17) is 17.3 Å². The number of hydrogen-bond donors (Lipinski definition) is 3. The molecule has 0 saturated heterocycles. The Kier molecular flexibility index (Phi) is 4.32. The minimum atomic E-state index is -1.30. The van der Waals surface area contributed by atoms with Gasteiger partial charge in [0.2, 0.25) is 0 Å². The van der Waals surface area contributed by atoms with Crippen LogP contribution >= 0.6 is 11.6 Å². The molecule has 0 fully saturated rings. The molecule has 2 atom stereocenters. The van der Waals surface area contributed by atoms with Crippen LogP contribution in [0.15, 0.2) is 18.2 Å². The average Bonchev–Trinajstić information content (AvgIpc) is 2.21. The molecule has 0 amide bonds. The Morgan fingerprint density at radius 3 is 2.67 bits per heavy atom. The van der Waals surface area contributed by atoms with Gasteiger partial charge >= 0.3 is 0 Å². The quantitative estimate of drug-likeness (QED) is 0.545. The van der Waals surface area contributed by atoms with Gasteiger partial charge in [-0.25, -0.2) is 4.39 Å². The molecule has 0 saturated carbocycles. The highest BCUT2D eigenvalue weighted by molar-refractivity contribution is 6.17. The maximum absolute atomic E-state index is 13.3. The van der Waals surface area contributed by atoms with Gasteiger partial charge in [-0.15, -0.1) is 11.6 Å². The van der Waals surface area contributed by atoms with Crippen molar-refractivity contribution in [2.45, 2.75) is 18.6 Å². The smallest absolute Gasteiger partial charge is 0.129 e. The molecule has 0 spiro atoms. The predicted molar refractivity (Wildman–Crippen MR) is 57.1 cm³/mol. The van der Waals surface area contributed by atoms with Gasteiger partial charge in [0.25, 0.3) is 0 Å². The van der Waals surface area contributed by atoms with Crippen LogP contribution in [0.4, 0.5) is 10.1 Å². The monoisotopic (exact) mass is 233 g/mol. The Bertz CT molecular complexity index is 335. The van der Waals surface area contributed by atoms with Crippen molar-refractivity contribution in [1.29, 1.82) is 0 Å². The van der Waals surface area contributed by atoms with Crippen LogP contribution in [0.2, 0.25) is 0 Å². The first-order chi connectivity index (χ1) is 7.06. The van der Waals surface area contributed by atoms with E-state index in [0.29, 0.717) is 5.69 Å². The third-order valence-corrected chi connectivity index (χ3v) is 2.33. The van der Waals surface area contributed by atoms with Gasteiger partial charge in [0, 0.05) is 17.1 Å². The van der Waals surface area contributed by atoms with Crippen LogP contribution in [0.1, 0.15) is 18.1 Å². The SMILES string of the molecule is Nc1ccc(F)c(C(O)C(O)CCCl)c1. The highest BCUT2D eigenvalue weighted by atomic mass is 35.5. The van der Waals surface area contributed by atoms with E-state index in [2.05, 4.69) is 0 Å². The van der Waals surface area contributed by atoms with Gasteiger partial charge < -0.3 is 15.9 Å². The van der Waals surface area contributed by atoms with Crippen LogP contribution in [-0.2, 0) is 0 Å². The highest BCUT2D eigenvalue weighted by Crippen LogP contribution is 2.24. The number of nitrogens with two attached hydrogens (primary N) is 1. The maximum atomic E-state index is 13.3. The number of alkyl halides is 1. The first-order valence-electron chi connectivity index (χ1n) is 4.53. The second-order valence-electron chi connectivity index (χ2n) is 3.27. The van der Waals surface area contributed by atoms with Gasteiger partial charge in [-0.05, 0) is 24.6 Å².